The quantitative estimate of drug-likeness (QED) is 0.467. The molecule has 2 aliphatic carbocycles. The molecule has 0 radical (unpaired) electrons. The highest BCUT2D eigenvalue weighted by atomic mass is 16.3. The standard InChI is InChI=1S/C20H30O2.C4H8O.2C2H6/c1-4-5-19(22)20(3)11-10-18-16(13(20)2)8-6-14-12-15(21)7-9-17(14)18;1-2-3-4-5;2*1-2/h7,9,12-13,16,18-19,21-22H,4-6,8,10-11H2,1-3H3;4H,2-3H2,1H3;2*1-2H3. The molecule has 3 rings (SSSR count). The zero-order chi connectivity index (χ0) is 24.0. The van der Waals surface area contributed by atoms with Crippen LogP contribution in [0.2, 0.25) is 0 Å². The number of aryl methyl sites for hydroxylation is 1. The number of hydrogen-bond donors (Lipinski definition) is 2. The van der Waals surface area contributed by atoms with E-state index in [-0.39, 0.29) is 11.5 Å². The van der Waals surface area contributed by atoms with E-state index in [9.17, 15) is 15.0 Å². The van der Waals surface area contributed by atoms with Crippen molar-refractivity contribution in [2.75, 3.05) is 0 Å². The van der Waals surface area contributed by atoms with Crippen LogP contribution in [-0.4, -0.2) is 22.6 Å². The predicted octanol–water partition coefficient (Wildman–Crippen LogP) is 7.67. The van der Waals surface area contributed by atoms with Gasteiger partial charge < -0.3 is 15.0 Å². The van der Waals surface area contributed by atoms with Crippen LogP contribution in [0.5, 0.6) is 5.75 Å². The molecule has 31 heavy (non-hydrogen) atoms. The van der Waals surface area contributed by atoms with Gasteiger partial charge in [-0.1, -0.05) is 67.9 Å². The summed E-state index contributed by atoms with van der Waals surface area (Å²) in [6.07, 6.45) is 8.95. The highest BCUT2D eigenvalue weighted by Gasteiger charge is 2.48. The molecule has 0 amide bonds. The number of aromatic hydroxyl groups is 1. The number of unbranched alkanes of at least 4 members (excludes halogenated alkanes) is 1. The second-order valence-electron chi connectivity index (χ2n) is 8.79. The van der Waals surface area contributed by atoms with E-state index in [2.05, 4.69) is 26.8 Å². The Morgan fingerprint density at radius 3 is 2.29 bits per heavy atom. The van der Waals surface area contributed by atoms with Crippen molar-refractivity contribution in [3.05, 3.63) is 29.3 Å². The summed E-state index contributed by atoms with van der Waals surface area (Å²) in [5, 5.41) is 20.4. The summed E-state index contributed by atoms with van der Waals surface area (Å²) < 4.78 is 0. The minimum atomic E-state index is -0.172. The van der Waals surface area contributed by atoms with E-state index in [4.69, 9.17) is 0 Å². The van der Waals surface area contributed by atoms with Crippen molar-refractivity contribution >= 4 is 6.29 Å². The maximum atomic E-state index is 10.7. The van der Waals surface area contributed by atoms with Crippen molar-refractivity contribution in [2.24, 2.45) is 17.3 Å². The van der Waals surface area contributed by atoms with Crippen LogP contribution in [0.1, 0.15) is 117 Å². The number of aliphatic hydroxyl groups is 1. The maximum Gasteiger partial charge on any atom is 0.119 e. The van der Waals surface area contributed by atoms with Crippen LogP contribution in [0.4, 0.5) is 0 Å². The van der Waals surface area contributed by atoms with Gasteiger partial charge in [-0.3, -0.25) is 0 Å². The SMILES string of the molecule is CC.CC.CCCC(O)C1(C)CCC2c3ccc(O)cc3CCC2C1C.CCCC=O. The number of hydrogen-bond acceptors (Lipinski definition) is 3. The Morgan fingerprint density at radius 1 is 1.13 bits per heavy atom. The Morgan fingerprint density at radius 2 is 1.77 bits per heavy atom. The maximum absolute atomic E-state index is 10.7. The molecule has 5 unspecified atom stereocenters. The smallest absolute Gasteiger partial charge is 0.119 e. The molecule has 1 fully saturated rings. The van der Waals surface area contributed by atoms with Crippen LogP contribution in [0.3, 0.4) is 0 Å². The van der Waals surface area contributed by atoms with E-state index in [1.165, 1.54) is 24.0 Å². The van der Waals surface area contributed by atoms with Crippen LogP contribution in [0.15, 0.2) is 18.2 Å². The van der Waals surface area contributed by atoms with E-state index >= 15 is 0 Å². The molecule has 1 aromatic rings. The molecule has 5 atom stereocenters. The van der Waals surface area contributed by atoms with Gasteiger partial charge >= 0.3 is 0 Å². The van der Waals surface area contributed by atoms with E-state index in [1.807, 2.05) is 46.8 Å². The summed E-state index contributed by atoms with van der Waals surface area (Å²) in [7, 11) is 0. The van der Waals surface area contributed by atoms with Crippen molar-refractivity contribution in [2.45, 2.75) is 119 Å². The average molecular weight is 435 g/mol. The Balaban J connectivity index is 0.000000867. The van der Waals surface area contributed by atoms with Gasteiger partial charge in [0.1, 0.15) is 12.0 Å². The molecule has 3 nitrogen and oxygen atoms in total. The highest BCUT2D eigenvalue weighted by molar-refractivity contribution is 5.48. The molecule has 1 saturated carbocycles. The van der Waals surface area contributed by atoms with Crippen LogP contribution >= 0.6 is 0 Å². The van der Waals surface area contributed by atoms with Gasteiger partial charge in [-0.2, -0.15) is 0 Å². The number of carbonyl (C=O) groups is 1. The molecule has 3 heteroatoms. The molecular weight excluding hydrogens is 384 g/mol. The highest BCUT2D eigenvalue weighted by Crippen LogP contribution is 2.56. The molecule has 2 aliphatic rings. The van der Waals surface area contributed by atoms with Gasteiger partial charge in [-0.25, -0.2) is 0 Å². The first-order chi connectivity index (χ1) is 14.9. The molecule has 0 saturated heterocycles. The third-order valence-corrected chi connectivity index (χ3v) is 7.20. The van der Waals surface area contributed by atoms with Crippen LogP contribution < -0.4 is 0 Å². The summed E-state index contributed by atoms with van der Waals surface area (Å²) in [5.41, 5.74) is 2.85. The number of rotatable bonds is 5. The number of benzene rings is 1. The van der Waals surface area contributed by atoms with Crippen molar-refractivity contribution in [1.29, 1.82) is 0 Å². The number of aldehydes is 1. The van der Waals surface area contributed by atoms with Crippen molar-refractivity contribution in [3.8, 4) is 5.75 Å². The first-order valence-electron chi connectivity index (χ1n) is 12.8. The van der Waals surface area contributed by atoms with Crippen molar-refractivity contribution < 1.29 is 15.0 Å². The Kier molecular flexibility index (Phi) is 14.8. The Bertz CT molecular complexity index is 612. The fourth-order valence-corrected chi connectivity index (χ4v) is 5.27. The van der Waals surface area contributed by atoms with Gasteiger partial charge in [0.15, 0.2) is 0 Å². The lowest BCUT2D eigenvalue weighted by molar-refractivity contribution is -0.107. The zero-order valence-electron chi connectivity index (χ0n) is 21.6. The predicted molar refractivity (Wildman–Crippen MR) is 134 cm³/mol. The number of aliphatic hydroxyl groups excluding tert-OH is 1. The first-order valence-corrected chi connectivity index (χ1v) is 12.8. The summed E-state index contributed by atoms with van der Waals surface area (Å²) >= 11 is 0. The second kappa shape index (κ2) is 15.5. The van der Waals surface area contributed by atoms with Gasteiger partial charge in [0, 0.05) is 6.42 Å². The third-order valence-electron chi connectivity index (χ3n) is 7.20. The fraction of sp³-hybridized carbons (Fsp3) is 0.750. The molecule has 0 spiro atoms. The summed E-state index contributed by atoms with van der Waals surface area (Å²) in [6, 6.07) is 5.93. The van der Waals surface area contributed by atoms with Gasteiger partial charge in [-0.05, 0) is 85.0 Å². The lowest BCUT2D eigenvalue weighted by Gasteiger charge is -2.52. The van der Waals surface area contributed by atoms with E-state index in [1.54, 1.807) is 0 Å². The summed E-state index contributed by atoms with van der Waals surface area (Å²) in [5.74, 6) is 2.22. The third kappa shape index (κ3) is 7.63. The molecule has 1 aromatic carbocycles. The lowest BCUT2D eigenvalue weighted by atomic mass is 9.53. The zero-order valence-corrected chi connectivity index (χ0v) is 21.6. The summed E-state index contributed by atoms with van der Waals surface area (Å²) in [6.45, 7) is 16.8. The van der Waals surface area contributed by atoms with Gasteiger partial charge in [-0.15, -0.1) is 0 Å². The number of fused-ring (bicyclic) bond motifs is 3. The van der Waals surface area contributed by atoms with Crippen LogP contribution in [0, 0.1) is 17.3 Å². The average Bonchev–Trinajstić information content (AvgIpc) is 2.79. The number of carbonyl (C=O) groups excluding carboxylic acids is 1. The van der Waals surface area contributed by atoms with Gasteiger partial charge in [0.05, 0.1) is 6.10 Å². The molecule has 180 valence electrons. The van der Waals surface area contributed by atoms with Gasteiger partial charge in [0.25, 0.3) is 0 Å². The first kappa shape index (κ1) is 29.7. The minimum absolute atomic E-state index is 0.0611. The van der Waals surface area contributed by atoms with Crippen molar-refractivity contribution in [1.82, 2.24) is 0 Å². The van der Waals surface area contributed by atoms with E-state index in [0.29, 0.717) is 29.9 Å². The van der Waals surface area contributed by atoms with Crippen molar-refractivity contribution in [3.63, 3.8) is 0 Å². The van der Waals surface area contributed by atoms with Crippen LogP contribution in [0.25, 0.3) is 0 Å². The number of phenolic OH excluding ortho intramolecular Hbond substituents is 1. The molecule has 0 aliphatic heterocycles. The molecule has 0 aromatic heterocycles. The van der Waals surface area contributed by atoms with E-state index < -0.39 is 0 Å². The normalized spacial score (nSPS) is 26.8. The molecule has 2 N–H and O–H groups in total. The Hall–Kier alpha value is -1.35. The number of phenols is 1. The monoisotopic (exact) mass is 434 g/mol. The van der Waals surface area contributed by atoms with E-state index in [0.717, 1.165) is 38.4 Å². The molecule has 0 heterocycles. The second-order valence-corrected chi connectivity index (χ2v) is 8.79. The lowest BCUT2D eigenvalue weighted by Crippen LogP contribution is -2.47. The van der Waals surface area contributed by atoms with Crippen LogP contribution in [-0.2, 0) is 11.2 Å². The Labute approximate surface area is 192 Å². The minimum Gasteiger partial charge on any atom is -0.508 e. The topological polar surface area (TPSA) is 57.5 Å². The molecule has 0 bridgehead atoms. The largest absolute Gasteiger partial charge is 0.508 e. The van der Waals surface area contributed by atoms with Gasteiger partial charge in [0.2, 0.25) is 0 Å². The fourth-order valence-electron chi connectivity index (χ4n) is 5.27. The molecular formula is C28H50O3. The summed E-state index contributed by atoms with van der Waals surface area (Å²) in [4.78, 5) is 9.40.